The summed E-state index contributed by atoms with van der Waals surface area (Å²) in [5.74, 6) is -1.11. The van der Waals surface area contributed by atoms with E-state index in [0.717, 1.165) is 148 Å². The van der Waals surface area contributed by atoms with Crippen LogP contribution in [0.1, 0.15) is 201 Å². The Morgan fingerprint density at radius 3 is 0.800 bits per heavy atom. The van der Waals surface area contributed by atoms with Gasteiger partial charge >= 0.3 is 17.9 Å². The first-order valence-corrected chi connectivity index (χ1v) is 28.9. The smallest absolute Gasteiger partial charge is 0.306 e. The maximum Gasteiger partial charge on any atom is 0.306 e. The monoisotopic (exact) mass is 1030 g/mol. The third kappa shape index (κ3) is 59.0. The van der Waals surface area contributed by atoms with Gasteiger partial charge < -0.3 is 14.2 Å². The maximum absolute atomic E-state index is 12.9. The van der Waals surface area contributed by atoms with Crippen LogP contribution in [0.4, 0.5) is 0 Å². The van der Waals surface area contributed by atoms with Crippen LogP contribution in [0.5, 0.6) is 0 Å². The summed E-state index contributed by atoms with van der Waals surface area (Å²) >= 11 is 0. The molecule has 0 aromatic carbocycles. The molecule has 0 N–H and O–H groups in total. The van der Waals surface area contributed by atoms with Crippen molar-refractivity contribution in [3.63, 3.8) is 0 Å². The average Bonchev–Trinajstić information content (AvgIpc) is 3.41. The molecule has 0 aromatic heterocycles. The van der Waals surface area contributed by atoms with E-state index in [1.165, 1.54) is 0 Å². The lowest BCUT2D eigenvalue weighted by atomic mass is 10.1. The van der Waals surface area contributed by atoms with Crippen molar-refractivity contribution in [2.45, 2.75) is 207 Å². The highest BCUT2D eigenvalue weighted by atomic mass is 16.6. The van der Waals surface area contributed by atoms with E-state index in [0.29, 0.717) is 12.8 Å². The maximum atomic E-state index is 12.9. The van der Waals surface area contributed by atoms with E-state index in [4.69, 9.17) is 14.2 Å². The van der Waals surface area contributed by atoms with E-state index in [2.05, 4.69) is 203 Å². The van der Waals surface area contributed by atoms with Gasteiger partial charge in [-0.3, -0.25) is 14.4 Å². The van der Waals surface area contributed by atoms with Crippen LogP contribution in [-0.4, -0.2) is 37.2 Å². The first-order chi connectivity index (χ1) is 37.0. The Morgan fingerprint density at radius 1 is 0.267 bits per heavy atom. The molecule has 0 aliphatic heterocycles. The number of hydrogen-bond acceptors (Lipinski definition) is 6. The number of rotatable bonds is 49. The molecular weight excluding hydrogens is 925 g/mol. The zero-order valence-electron chi connectivity index (χ0n) is 47.2. The van der Waals surface area contributed by atoms with Crippen molar-refractivity contribution in [3.05, 3.63) is 194 Å². The van der Waals surface area contributed by atoms with E-state index < -0.39 is 6.10 Å². The van der Waals surface area contributed by atoms with Crippen LogP contribution in [0.15, 0.2) is 194 Å². The molecule has 0 rings (SSSR count). The standard InChI is InChI=1S/C69H102O6/c1-4-7-10-13-16-19-22-25-28-31-34-37-40-43-46-49-52-55-58-61-67(70)73-64-66(75-69(72)63-60-57-54-51-48-45-42-39-36-33-30-27-24-21-18-15-12-9-6-3)65-74-68(71)62-59-56-53-50-47-44-41-38-35-32-29-26-23-20-17-14-11-8-5-2/h7-12,16-21,25-30,34-39,43-48,52,55,66H,4-6,13-15,22-24,31-33,40-42,49-51,53-54,56-65H2,1-3H3/b10-7-,11-8-,12-9-,19-16-,20-17-,21-18-,28-25-,29-26-,30-27-,37-34-,38-35-,39-36-,46-43-,47-44-,48-45-,55-52-/t66-/m0/s1. The summed E-state index contributed by atoms with van der Waals surface area (Å²) < 4.78 is 16.7. The SMILES string of the molecule is CC/C=C\C/C=C\C/C=C\C/C=C\C/C=C\C/C=C\CCC(=O)OC[C@@H](COC(=O)CCCCC/C=C\C/C=C\C/C=C\C/C=C\C/C=C\CC)OC(=O)CCCCC/C=C\C/C=C\C/C=C\C/C=C\C/C=C\CC. The molecule has 6 heteroatoms. The van der Waals surface area contributed by atoms with Gasteiger partial charge in [0.25, 0.3) is 0 Å². The zero-order chi connectivity index (χ0) is 54.3. The summed E-state index contributed by atoms with van der Waals surface area (Å²) in [5, 5.41) is 0. The van der Waals surface area contributed by atoms with Gasteiger partial charge in [-0.1, -0.05) is 228 Å². The van der Waals surface area contributed by atoms with Gasteiger partial charge in [-0.25, -0.2) is 0 Å². The fourth-order valence-electron chi connectivity index (χ4n) is 6.87. The summed E-state index contributed by atoms with van der Waals surface area (Å²) in [5.41, 5.74) is 0. The van der Waals surface area contributed by atoms with Crippen molar-refractivity contribution < 1.29 is 28.6 Å². The first kappa shape index (κ1) is 69.2. The number of hydrogen-bond donors (Lipinski definition) is 0. The molecular formula is C69H102O6. The van der Waals surface area contributed by atoms with E-state index in [-0.39, 0.29) is 50.4 Å². The minimum atomic E-state index is -0.854. The molecule has 0 amide bonds. The van der Waals surface area contributed by atoms with Crippen molar-refractivity contribution in [2.24, 2.45) is 0 Å². The number of esters is 3. The number of carbonyl (C=O) groups is 3. The fraction of sp³-hybridized carbons (Fsp3) is 0.493. The molecule has 0 aromatic rings. The summed E-state index contributed by atoms with van der Waals surface area (Å²) in [4.78, 5) is 38.2. The normalized spacial score (nSPS) is 13.6. The highest BCUT2D eigenvalue weighted by Gasteiger charge is 2.19. The molecule has 0 saturated carbocycles. The third-order valence-electron chi connectivity index (χ3n) is 11.1. The van der Waals surface area contributed by atoms with Crippen molar-refractivity contribution in [3.8, 4) is 0 Å². The molecule has 0 fully saturated rings. The molecule has 0 radical (unpaired) electrons. The molecule has 0 heterocycles. The van der Waals surface area contributed by atoms with E-state index in [9.17, 15) is 14.4 Å². The van der Waals surface area contributed by atoms with Crippen LogP contribution in [0.25, 0.3) is 0 Å². The summed E-state index contributed by atoms with van der Waals surface area (Å²) in [7, 11) is 0. The van der Waals surface area contributed by atoms with Crippen LogP contribution in [-0.2, 0) is 28.6 Å². The molecule has 75 heavy (non-hydrogen) atoms. The number of allylic oxidation sites excluding steroid dienone is 32. The summed E-state index contributed by atoms with van der Waals surface area (Å²) in [6.07, 6.45) is 92.9. The Kier molecular flexibility index (Phi) is 56.1. The van der Waals surface area contributed by atoms with E-state index >= 15 is 0 Å². The van der Waals surface area contributed by atoms with Gasteiger partial charge in [-0.2, -0.15) is 0 Å². The van der Waals surface area contributed by atoms with Crippen molar-refractivity contribution in [2.75, 3.05) is 13.2 Å². The Bertz CT molecular complexity index is 1850. The molecule has 0 spiro atoms. The van der Waals surface area contributed by atoms with Gasteiger partial charge in [-0.15, -0.1) is 0 Å². The Balaban J connectivity index is 4.68. The topological polar surface area (TPSA) is 78.9 Å². The van der Waals surface area contributed by atoms with E-state index in [1.54, 1.807) is 0 Å². The van der Waals surface area contributed by atoms with E-state index in [1.807, 2.05) is 12.2 Å². The molecule has 1 atom stereocenters. The van der Waals surface area contributed by atoms with Crippen LogP contribution in [0.3, 0.4) is 0 Å². The van der Waals surface area contributed by atoms with Crippen LogP contribution in [0.2, 0.25) is 0 Å². The lowest BCUT2D eigenvalue weighted by Gasteiger charge is -2.18. The highest BCUT2D eigenvalue weighted by Crippen LogP contribution is 2.10. The average molecular weight is 1030 g/mol. The van der Waals surface area contributed by atoms with Crippen molar-refractivity contribution >= 4 is 17.9 Å². The van der Waals surface area contributed by atoms with Crippen molar-refractivity contribution in [1.29, 1.82) is 0 Å². The lowest BCUT2D eigenvalue weighted by molar-refractivity contribution is -0.166. The summed E-state index contributed by atoms with van der Waals surface area (Å²) in [6.45, 7) is 6.15. The summed E-state index contributed by atoms with van der Waals surface area (Å²) in [6, 6.07) is 0. The second kappa shape index (κ2) is 60.8. The fourth-order valence-corrected chi connectivity index (χ4v) is 6.87. The minimum absolute atomic E-state index is 0.144. The molecule has 0 saturated heterocycles. The molecule has 0 aliphatic carbocycles. The predicted molar refractivity (Wildman–Crippen MR) is 324 cm³/mol. The molecule has 414 valence electrons. The quantitative estimate of drug-likeness (QED) is 0.0261. The van der Waals surface area contributed by atoms with Gasteiger partial charge in [0, 0.05) is 19.3 Å². The molecule has 6 nitrogen and oxygen atoms in total. The van der Waals surface area contributed by atoms with Gasteiger partial charge in [0.15, 0.2) is 6.10 Å². The predicted octanol–water partition coefficient (Wildman–Crippen LogP) is 19.9. The molecule has 0 unspecified atom stereocenters. The highest BCUT2D eigenvalue weighted by molar-refractivity contribution is 5.71. The van der Waals surface area contributed by atoms with Crippen LogP contribution < -0.4 is 0 Å². The third-order valence-corrected chi connectivity index (χ3v) is 11.1. The Morgan fingerprint density at radius 2 is 0.507 bits per heavy atom. The first-order valence-electron chi connectivity index (χ1n) is 28.9. The van der Waals surface area contributed by atoms with Gasteiger partial charge in [0.2, 0.25) is 0 Å². The number of carbonyl (C=O) groups excluding carboxylic acids is 3. The largest absolute Gasteiger partial charge is 0.462 e. The minimum Gasteiger partial charge on any atom is -0.462 e. The molecule has 0 aliphatic rings. The number of unbranched alkanes of at least 4 members (excludes halogenated alkanes) is 6. The Labute approximate surface area is 458 Å². The number of ether oxygens (including phenoxy) is 3. The zero-order valence-corrected chi connectivity index (χ0v) is 47.2. The van der Waals surface area contributed by atoms with Gasteiger partial charge in [0.1, 0.15) is 13.2 Å². The van der Waals surface area contributed by atoms with Crippen LogP contribution in [0, 0.1) is 0 Å². The van der Waals surface area contributed by atoms with Gasteiger partial charge in [-0.05, 0) is 148 Å². The Hall–Kier alpha value is -5.75. The van der Waals surface area contributed by atoms with Crippen LogP contribution >= 0.6 is 0 Å². The van der Waals surface area contributed by atoms with Crippen molar-refractivity contribution in [1.82, 2.24) is 0 Å². The second-order valence-corrected chi connectivity index (χ2v) is 18.0. The second-order valence-electron chi connectivity index (χ2n) is 18.0. The van der Waals surface area contributed by atoms with Gasteiger partial charge in [0.05, 0.1) is 0 Å². The molecule has 0 bridgehead atoms. The lowest BCUT2D eigenvalue weighted by Crippen LogP contribution is -2.30.